The Balaban J connectivity index is 1.89. The molecule has 0 spiro atoms. The van der Waals surface area contributed by atoms with Crippen LogP contribution in [0.15, 0.2) is 96.0 Å². The second-order valence-electron chi connectivity index (χ2n) is 5.49. The number of nitro groups is 1. The van der Waals surface area contributed by atoms with E-state index in [1.807, 2.05) is 66.7 Å². The van der Waals surface area contributed by atoms with Gasteiger partial charge in [0, 0.05) is 29.7 Å². The molecule has 0 saturated heterocycles. The molecule has 1 N–H and O–H groups in total. The SMILES string of the molecule is O=[N+]([O-])c1ccc(/C(=C/C=Nc2ccccc2)Nc2ccccc2)cc1. The molecule has 0 aliphatic heterocycles. The first-order chi connectivity index (χ1) is 12.7. The second-order valence-corrected chi connectivity index (χ2v) is 5.49. The highest BCUT2D eigenvalue weighted by atomic mass is 16.6. The van der Waals surface area contributed by atoms with E-state index in [1.165, 1.54) is 12.1 Å². The average molecular weight is 343 g/mol. The van der Waals surface area contributed by atoms with Gasteiger partial charge in [0.05, 0.1) is 10.6 Å². The number of anilines is 1. The molecule has 0 saturated carbocycles. The van der Waals surface area contributed by atoms with E-state index in [0.29, 0.717) is 0 Å². The molecule has 5 heteroatoms. The first-order valence-electron chi connectivity index (χ1n) is 8.09. The Hall–Kier alpha value is -3.73. The summed E-state index contributed by atoms with van der Waals surface area (Å²) in [5, 5.41) is 14.2. The minimum absolute atomic E-state index is 0.0609. The van der Waals surface area contributed by atoms with E-state index in [1.54, 1.807) is 18.3 Å². The fourth-order valence-electron chi connectivity index (χ4n) is 2.36. The number of nitrogens with one attached hydrogen (secondary N) is 1. The van der Waals surface area contributed by atoms with E-state index >= 15 is 0 Å². The van der Waals surface area contributed by atoms with Crippen molar-refractivity contribution in [2.24, 2.45) is 4.99 Å². The largest absolute Gasteiger partial charge is 0.355 e. The number of aliphatic imine (C=N–C) groups is 1. The summed E-state index contributed by atoms with van der Waals surface area (Å²) < 4.78 is 0. The molecule has 3 aromatic rings. The summed E-state index contributed by atoms with van der Waals surface area (Å²) in [4.78, 5) is 14.9. The third kappa shape index (κ3) is 4.64. The number of benzene rings is 3. The van der Waals surface area contributed by atoms with Gasteiger partial charge in [0.25, 0.3) is 5.69 Å². The molecule has 0 atom stereocenters. The number of hydrogen-bond donors (Lipinski definition) is 1. The standard InChI is InChI=1S/C21H17N3O2/c25-24(26)20-13-11-17(12-14-20)21(23-19-9-5-2-6-10-19)15-16-22-18-7-3-1-4-8-18/h1-16,23H/b21-15-,22-16?. The summed E-state index contributed by atoms with van der Waals surface area (Å²) in [6.45, 7) is 0. The normalized spacial score (nSPS) is 11.5. The van der Waals surface area contributed by atoms with Crippen LogP contribution in [0.1, 0.15) is 5.56 Å². The third-order valence-electron chi connectivity index (χ3n) is 3.66. The Morgan fingerprint density at radius 1 is 0.885 bits per heavy atom. The summed E-state index contributed by atoms with van der Waals surface area (Å²) in [5.41, 5.74) is 3.47. The molecule has 0 heterocycles. The van der Waals surface area contributed by atoms with Crippen molar-refractivity contribution in [3.05, 3.63) is 107 Å². The second kappa shape index (κ2) is 8.39. The molecule has 0 fully saturated rings. The molecule has 0 aliphatic rings. The van der Waals surface area contributed by atoms with Gasteiger partial charge >= 0.3 is 0 Å². The van der Waals surface area contributed by atoms with E-state index < -0.39 is 4.92 Å². The van der Waals surface area contributed by atoms with E-state index in [9.17, 15) is 10.1 Å². The highest BCUT2D eigenvalue weighted by Crippen LogP contribution is 2.21. The predicted molar refractivity (Wildman–Crippen MR) is 106 cm³/mol. The van der Waals surface area contributed by atoms with Crippen LogP contribution in [0.2, 0.25) is 0 Å². The minimum atomic E-state index is -0.408. The monoisotopic (exact) mass is 343 g/mol. The van der Waals surface area contributed by atoms with Crippen LogP contribution in [0.3, 0.4) is 0 Å². The van der Waals surface area contributed by atoms with Crippen molar-refractivity contribution in [2.75, 3.05) is 5.32 Å². The molecule has 3 aromatic carbocycles. The lowest BCUT2D eigenvalue weighted by Crippen LogP contribution is -1.99. The first-order valence-corrected chi connectivity index (χ1v) is 8.09. The molecule has 128 valence electrons. The van der Waals surface area contributed by atoms with Gasteiger partial charge in [-0.2, -0.15) is 0 Å². The summed E-state index contributed by atoms with van der Waals surface area (Å²) in [6, 6.07) is 25.8. The Morgan fingerprint density at radius 3 is 2.12 bits per heavy atom. The number of allylic oxidation sites excluding steroid dienone is 1. The van der Waals surface area contributed by atoms with E-state index in [-0.39, 0.29) is 5.69 Å². The average Bonchev–Trinajstić information content (AvgIpc) is 2.69. The topological polar surface area (TPSA) is 67.5 Å². The number of non-ortho nitro benzene ring substituents is 1. The number of hydrogen-bond acceptors (Lipinski definition) is 4. The molecule has 0 radical (unpaired) electrons. The lowest BCUT2D eigenvalue weighted by Gasteiger charge is -2.10. The summed E-state index contributed by atoms with van der Waals surface area (Å²) in [6.07, 6.45) is 3.56. The van der Waals surface area contributed by atoms with Crippen LogP contribution in [0.4, 0.5) is 17.1 Å². The van der Waals surface area contributed by atoms with Gasteiger partial charge in [-0.15, -0.1) is 0 Å². The number of para-hydroxylation sites is 2. The van der Waals surface area contributed by atoms with Crippen molar-refractivity contribution < 1.29 is 4.92 Å². The van der Waals surface area contributed by atoms with Gasteiger partial charge in [0.1, 0.15) is 0 Å². The Morgan fingerprint density at radius 2 is 1.50 bits per heavy atom. The Bertz CT molecular complexity index is 918. The van der Waals surface area contributed by atoms with Crippen LogP contribution >= 0.6 is 0 Å². The van der Waals surface area contributed by atoms with Gasteiger partial charge in [0.2, 0.25) is 0 Å². The molecular weight excluding hydrogens is 326 g/mol. The van der Waals surface area contributed by atoms with Gasteiger partial charge in [-0.1, -0.05) is 36.4 Å². The van der Waals surface area contributed by atoms with Crippen molar-refractivity contribution in [3.8, 4) is 0 Å². The van der Waals surface area contributed by atoms with Gasteiger partial charge in [0.15, 0.2) is 0 Å². The molecule has 0 aromatic heterocycles. The molecular formula is C21H17N3O2. The molecule has 0 unspecified atom stereocenters. The van der Waals surface area contributed by atoms with Crippen molar-refractivity contribution >= 4 is 29.0 Å². The van der Waals surface area contributed by atoms with E-state index in [4.69, 9.17) is 0 Å². The number of nitro benzene ring substituents is 1. The minimum Gasteiger partial charge on any atom is -0.355 e. The third-order valence-corrected chi connectivity index (χ3v) is 3.66. The molecule has 0 amide bonds. The highest BCUT2D eigenvalue weighted by molar-refractivity contribution is 5.90. The van der Waals surface area contributed by atoms with Crippen LogP contribution in [0.5, 0.6) is 0 Å². The smallest absolute Gasteiger partial charge is 0.269 e. The van der Waals surface area contributed by atoms with Gasteiger partial charge < -0.3 is 5.32 Å². The fourth-order valence-corrected chi connectivity index (χ4v) is 2.36. The van der Waals surface area contributed by atoms with Crippen molar-refractivity contribution in [2.45, 2.75) is 0 Å². The summed E-state index contributed by atoms with van der Waals surface area (Å²) in [7, 11) is 0. The van der Waals surface area contributed by atoms with Gasteiger partial charge in [-0.05, 0) is 48.0 Å². The Labute approximate surface area is 151 Å². The predicted octanol–water partition coefficient (Wildman–Crippen LogP) is 5.45. The maximum Gasteiger partial charge on any atom is 0.269 e. The molecule has 5 nitrogen and oxygen atoms in total. The van der Waals surface area contributed by atoms with Crippen LogP contribution < -0.4 is 5.32 Å². The number of nitrogens with zero attached hydrogens (tertiary/aromatic N) is 2. The van der Waals surface area contributed by atoms with Crippen LogP contribution in [0.25, 0.3) is 5.70 Å². The van der Waals surface area contributed by atoms with Crippen LogP contribution in [0, 0.1) is 10.1 Å². The maximum atomic E-state index is 10.9. The first kappa shape index (κ1) is 17.1. The zero-order valence-corrected chi connectivity index (χ0v) is 13.9. The van der Waals surface area contributed by atoms with Crippen LogP contribution in [-0.2, 0) is 0 Å². The van der Waals surface area contributed by atoms with Crippen molar-refractivity contribution in [3.63, 3.8) is 0 Å². The Kier molecular flexibility index (Phi) is 5.52. The molecule has 0 bridgehead atoms. The zero-order valence-electron chi connectivity index (χ0n) is 13.9. The molecule has 26 heavy (non-hydrogen) atoms. The summed E-state index contributed by atoms with van der Waals surface area (Å²) >= 11 is 0. The zero-order chi connectivity index (χ0) is 18.2. The van der Waals surface area contributed by atoms with Gasteiger partial charge in [-0.3, -0.25) is 15.1 Å². The maximum absolute atomic E-state index is 10.9. The van der Waals surface area contributed by atoms with Crippen LogP contribution in [-0.4, -0.2) is 11.1 Å². The van der Waals surface area contributed by atoms with Crippen molar-refractivity contribution in [1.29, 1.82) is 0 Å². The lowest BCUT2D eigenvalue weighted by atomic mass is 10.1. The summed E-state index contributed by atoms with van der Waals surface area (Å²) in [5.74, 6) is 0. The lowest BCUT2D eigenvalue weighted by molar-refractivity contribution is -0.384. The van der Waals surface area contributed by atoms with E-state index in [2.05, 4.69) is 10.3 Å². The van der Waals surface area contributed by atoms with Crippen molar-refractivity contribution in [1.82, 2.24) is 0 Å². The van der Waals surface area contributed by atoms with E-state index in [0.717, 1.165) is 22.6 Å². The number of rotatable bonds is 6. The fraction of sp³-hybridized carbons (Fsp3) is 0. The highest BCUT2D eigenvalue weighted by Gasteiger charge is 2.07. The molecule has 0 aliphatic carbocycles. The van der Waals surface area contributed by atoms with Gasteiger partial charge in [-0.25, -0.2) is 0 Å². The molecule has 3 rings (SSSR count). The quantitative estimate of drug-likeness (QED) is 0.367.